The molecule has 0 aromatic heterocycles. The fourth-order valence-corrected chi connectivity index (χ4v) is 3.47. The topological polar surface area (TPSA) is 55.6 Å². The molecule has 4 nitrogen and oxygen atoms in total. The number of hydrogen-bond acceptors (Lipinski definition) is 4. The molecular weight excluding hydrogens is 368 g/mol. The highest BCUT2D eigenvalue weighted by Crippen LogP contribution is 2.26. The molecule has 0 aliphatic heterocycles. The molecule has 0 aliphatic rings. The van der Waals surface area contributed by atoms with Crippen LogP contribution in [0.5, 0.6) is 5.75 Å². The van der Waals surface area contributed by atoms with Crippen molar-refractivity contribution in [2.75, 3.05) is 20.2 Å². The molecule has 2 aromatic rings. The Kier molecular flexibility index (Phi) is 10.2. The van der Waals surface area contributed by atoms with E-state index in [0.29, 0.717) is 19.6 Å². The second-order valence-corrected chi connectivity index (χ2v) is 7.24. The quantitative estimate of drug-likeness (QED) is 0.653. The van der Waals surface area contributed by atoms with Crippen molar-refractivity contribution in [3.05, 3.63) is 60.2 Å². The van der Waals surface area contributed by atoms with Crippen molar-refractivity contribution in [2.24, 2.45) is 5.73 Å². The number of carbonyl (C=O) groups excluding carboxylic acids is 1. The number of nitrogens with zero attached hydrogens (tertiary/aromatic N) is 1. The first-order chi connectivity index (χ1) is 12.1. The van der Waals surface area contributed by atoms with Crippen molar-refractivity contribution in [2.45, 2.75) is 30.0 Å². The largest absolute Gasteiger partial charge is 0.497 e. The third kappa shape index (κ3) is 6.90. The van der Waals surface area contributed by atoms with Crippen LogP contribution in [0.1, 0.15) is 18.9 Å². The van der Waals surface area contributed by atoms with Crippen molar-refractivity contribution in [1.29, 1.82) is 0 Å². The number of ether oxygens (including phenoxy) is 1. The Morgan fingerprint density at radius 2 is 1.81 bits per heavy atom. The van der Waals surface area contributed by atoms with E-state index in [1.165, 1.54) is 0 Å². The minimum absolute atomic E-state index is 0. The molecule has 0 bridgehead atoms. The smallest absolute Gasteiger partial charge is 0.236 e. The van der Waals surface area contributed by atoms with Gasteiger partial charge in [0, 0.05) is 18.0 Å². The van der Waals surface area contributed by atoms with Gasteiger partial charge in [-0.2, -0.15) is 0 Å². The lowest BCUT2D eigenvalue weighted by Crippen LogP contribution is -2.37. The monoisotopic (exact) mass is 394 g/mol. The predicted molar refractivity (Wildman–Crippen MR) is 111 cm³/mol. The zero-order valence-electron chi connectivity index (χ0n) is 15.3. The number of benzene rings is 2. The molecule has 1 atom stereocenters. The van der Waals surface area contributed by atoms with Gasteiger partial charge in [-0.25, -0.2) is 0 Å². The highest BCUT2D eigenvalue weighted by atomic mass is 35.5. The lowest BCUT2D eigenvalue weighted by atomic mass is 10.2. The summed E-state index contributed by atoms with van der Waals surface area (Å²) in [4.78, 5) is 15.9. The molecule has 0 radical (unpaired) electrons. The molecule has 1 amide bonds. The SMILES string of the molecule is COc1ccc(SC(C)C(=O)N(CCCN)Cc2ccccc2)cc1.Cl. The molecule has 6 heteroatoms. The summed E-state index contributed by atoms with van der Waals surface area (Å²) in [6.45, 7) is 3.83. The van der Waals surface area contributed by atoms with E-state index < -0.39 is 0 Å². The molecule has 0 saturated heterocycles. The Labute approximate surface area is 166 Å². The van der Waals surface area contributed by atoms with Gasteiger partial charge in [0.1, 0.15) is 5.75 Å². The average Bonchev–Trinajstić information content (AvgIpc) is 2.66. The van der Waals surface area contributed by atoms with Crippen LogP contribution in [0.3, 0.4) is 0 Å². The van der Waals surface area contributed by atoms with Gasteiger partial charge in [-0.1, -0.05) is 30.3 Å². The zero-order valence-corrected chi connectivity index (χ0v) is 16.9. The van der Waals surface area contributed by atoms with E-state index in [1.54, 1.807) is 18.9 Å². The fraction of sp³-hybridized carbons (Fsp3) is 0.350. The summed E-state index contributed by atoms with van der Waals surface area (Å²) in [5.41, 5.74) is 6.78. The second-order valence-electron chi connectivity index (χ2n) is 5.82. The van der Waals surface area contributed by atoms with Gasteiger partial charge in [0.2, 0.25) is 5.91 Å². The molecule has 0 fully saturated rings. The van der Waals surface area contributed by atoms with Crippen LogP contribution in [0.25, 0.3) is 0 Å². The van der Waals surface area contributed by atoms with Crippen LogP contribution in [0.15, 0.2) is 59.5 Å². The summed E-state index contributed by atoms with van der Waals surface area (Å²) in [6.07, 6.45) is 0.804. The standard InChI is InChI=1S/C20H26N2O2S.ClH/c1-16(25-19-11-9-18(24-2)10-12-19)20(23)22(14-6-13-21)15-17-7-4-3-5-8-17;/h3-5,7-12,16H,6,13-15,21H2,1-2H3;1H. The molecule has 2 rings (SSSR count). The maximum absolute atomic E-state index is 12.9. The minimum atomic E-state index is -0.158. The van der Waals surface area contributed by atoms with Crippen LogP contribution in [0, 0.1) is 0 Å². The Morgan fingerprint density at radius 3 is 2.38 bits per heavy atom. The first-order valence-electron chi connectivity index (χ1n) is 8.47. The molecule has 2 N–H and O–H groups in total. The summed E-state index contributed by atoms with van der Waals surface area (Å²) in [5.74, 6) is 0.954. The number of halogens is 1. The van der Waals surface area contributed by atoms with Crippen LogP contribution in [0.2, 0.25) is 0 Å². The molecule has 0 aliphatic carbocycles. The maximum Gasteiger partial charge on any atom is 0.236 e. The van der Waals surface area contributed by atoms with Gasteiger partial charge in [-0.3, -0.25) is 4.79 Å². The third-order valence-corrected chi connectivity index (χ3v) is 4.98. The van der Waals surface area contributed by atoms with Gasteiger partial charge in [-0.15, -0.1) is 24.2 Å². The van der Waals surface area contributed by atoms with Crippen LogP contribution >= 0.6 is 24.2 Å². The maximum atomic E-state index is 12.9. The number of hydrogen-bond donors (Lipinski definition) is 1. The number of methoxy groups -OCH3 is 1. The van der Waals surface area contributed by atoms with Crippen molar-refractivity contribution in [1.82, 2.24) is 4.90 Å². The normalized spacial score (nSPS) is 11.3. The summed E-state index contributed by atoms with van der Waals surface area (Å²) < 4.78 is 5.17. The third-order valence-electron chi connectivity index (χ3n) is 3.88. The molecule has 0 spiro atoms. The highest BCUT2D eigenvalue weighted by Gasteiger charge is 2.21. The van der Waals surface area contributed by atoms with Crippen LogP contribution in [-0.4, -0.2) is 36.3 Å². The highest BCUT2D eigenvalue weighted by molar-refractivity contribution is 8.00. The van der Waals surface area contributed by atoms with Crippen LogP contribution < -0.4 is 10.5 Å². The number of amides is 1. The Hall–Kier alpha value is -1.69. The van der Waals surface area contributed by atoms with Gasteiger partial charge in [0.25, 0.3) is 0 Å². The first kappa shape index (κ1) is 22.4. The van der Waals surface area contributed by atoms with Gasteiger partial charge >= 0.3 is 0 Å². The summed E-state index contributed by atoms with van der Waals surface area (Å²) in [5, 5.41) is -0.158. The van der Waals surface area contributed by atoms with Gasteiger partial charge in [-0.05, 0) is 49.7 Å². The van der Waals surface area contributed by atoms with E-state index in [2.05, 4.69) is 0 Å². The zero-order chi connectivity index (χ0) is 18.1. The van der Waals surface area contributed by atoms with Crippen molar-refractivity contribution >= 4 is 30.1 Å². The number of rotatable bonds is 9. The average molecular weight is 395 g/mol. The van der Waals surface area contributed by atoms with E-state index in [0.717, 1.165) is 22.6 Å². The molecule has 2 aromatic carbocycles. The molecular formula is C20H27ClN2O2S. The van der Waals surface area contributed by atoms with E-state index in [9.17, 15) is 4.79 Å². The Bertz CT molecular complexity index is 653. The van der Waals surface area contributed by atoms with E-state index in [-0.39, 0.29) is 23.6 Å². The molecule has 142 valence electrons. The fourth-order valence-electron chi connectivity index (χ4n) is 2.52. The lowest BCUT2D eigenvalue weighted by molar-refractivity contribution is -0.131. The molecule has 1 unspecified atom stereocenters. The van der Waals surface area contributed by atoms with Gasteiger partial charge < -0.3 is 15.4 Å². The summed E-state index contributed by atoms with van der Waals surface area (Å²) in [6, 6.07) is 17.9. The van der Waals surface area contributed by atoms with Gasteiger partial charge in [0.05, 0.1) is 12.4 Å². The van der Waals surface area contributed by atoms with Crippen molar-refractivity contribution in [3.8, 4) is 5.75 Å². The lowest BCUT2D eigenvalue weighted by Gasteiger charge is -2.26. The first-order valence-corrected chi connectivity index (χ1v) is 9.35. The number of thioether (sulfide) groups is 1. The van der Waals surface area contributed by atoms with E-state index in [4.69, 9.17) is 10.5 Å². The number of nitrogens with two attached hydrogens (primary N) is 1. The number of carbonyl (C=O) groups is 1. The van der Waals surface area contributed by atoms with E-state index >= 15 is 0 Å². The van der Waals surface area contributed by atoms with Gasteiger partial charge in [0.15, 0.2) is 0 Å². The van der Waals surface area contributed by atoms with Crippen LogP contribution in [-0.2, 0) is 11.3 Å². The van der Waals surface area contributed by atoms with Crippen molar-refractivity contribution < 1.29 is 9.53 Å². The van der Waals surface area contributed by atoms with Crippen molar-refractivity contribution in [3.63, 3.8) is 0 Å². The summed E-state index contributed by atoms with van der Waals surface area (Å²) >= 11 is 1.57. The van der Waals surface area contributed by atoms with Crippen LogP contribution in [0.4, 0.5) is 0 Å². The molecule has 0 heterocycles. The molecule has 0 saturated carbocycles. The second kappa shape index (κ2) is 11.8. The molecule has 26 heavy (non-hydrogen) atoms. The minimum Gasteiger partial charge on any atom is -0.497 e. The van der Waals surface area contributed by atoms with E-state index in [1.807, 2.05) is 66.4 Å². The Morgan fingerprint density at radius 1 is 1.15 bits per heavy atom. The Balaban J connectivity index is 0.00000338. The predicted octanol–water partition coefficient (Wildman–Crippen LogP) is 3.98. The summed E-state index contributed by atoms with van der Waals surface area (Å²) in [7, 11) is 1.65.